The largest absolute Gasteiger partial charge is 0.478 e. The summed E-state index contributed by atoms with van der Waals surface area (Å²) in [6.45, 7) is 12.2. The first-order valence-electron chi connectivity index (χ1n) is 6.06. The maximum atomic E-state index is 10.4. The fourth-order valence-corrected chi connectivity index (χ4v) is 1.63. The van der Waals surface area contributed by atoms with Crippen LogP contribution in [-0.2, 0) is 4.79 Å². The molecular formula is C15H24O2. The van der Waals surface area contributed by atoms with E-state index in [9.17, 15) is 4.79 Å². The number of allylic oxidation sites excluding steroid dienone is 4. The molecule has 2 unspecified atom stereocenters. The molecule has 0 fully saturated rings. The number of carboxylic acids is 1. The predicted octanol–water partition coefficient (Wildman–Crippen LogP) is 4.20. The summed E-state index contributed by atoms with van der Waals surface area (Å²) >= 11 is 0. The van der Waals surface area contributed by atoms with E-state index in [0.29, 0.717) is 11.8 Å². The maximum Gasteiger partial charge on any atom is 0.328 e. The predicted molar refractivity (Wildman–Crippen MR) is 72.9 cm³/mol. The number of carbonyl (C=O) groups is 1. The van der Waals surface area contributed by atoms with Gasteiger partial charge in [-0.25, -0.2) is 4.79 Å². The van der Waals surface area contributed by atoms with Crippen molar-refractivity contribution in [3.63, 3.8) is 0 Å². The van der Waals surface area contributed by atoms with Gasteiger partial charge in [-0.2, -0.15) is 0 Å². The molecule has 0 amide bonds. The van der Waals surface area contributed by atoms with Crippen LogP contribution >= 0.6 is 0 Å². The van der Waals surface area contributed by atoms with Crippen LogP contribution in [0.2, 0.25) is 0 Å². The van der Waals surface area contributed by atoms with Gasteiger partial charge >= 0.3 is 5.97 Å². The van der Waals surface area contributed by atoms with Crippen molar-refractivity contribution in [1.82, 2.24) is 0 Å². The van der Waals surface area contributed by atoms with Crippen molar-refractivity contribution in [2.24, 2.45) is 11.8 Å². The van der Waals surface area contributed by atoms with Crippen molar-refractivity contribution >= 4 is 5.97 Å². The topological polar surface area (TPSA) is 37.3 Å². The Morgan fingerprint density at radius 2 is 1.94 bits per heavy atom. The van der Waals surface area contributed by atoms with E-state index < -0.39 is 5.97 Å². The highest BCUT2D eigenvalue weighted by atomic mass is 16.4. The summed E-state index contributed by atoms with van der Waals surface area (Å²) in [5.74, 6) is 0.251. The number of aliphatic carboxylic acids is 1. The van der Waals surface area contributed by atoms with E-state index in [2.05, 4.69) is 27.4 Å². The Morgan fingerprint density at radius 1 is 1.35 bits per heavy atom. The summed E-state index contributed by atoms with van der Waals surface area (Å²) < 4.78 is 0. The minimum atomic E-state index is -0.892. The molecule has 0 spiro atoms. The quantitative estimate of drug-likeness (QED) is 0.408. The second-order valence-corrected chi connectivity index (χ2v) is 4.95. The van der Waals surface area contributed by atoms with E-state index in [-0.39, 0.29) is 0 Å². The molecule has 0 heterocycles. The minimum absolute atomic E-state index is 0.550. The van der Waals surface area contributed by atoms with Crippen molar-refractivity contribution < 1.29 is 9.90 Å². The molecule has 1 N–H and O–H groups in total. The Balaban J connectivity index is 4.07. The smallest absolute Gasteiger partial charge is 0.328 e. The van der Waals surface area contributed by atoms with E-state index in [1.807, 2.05) is 12.2 Å². The first-order chi connectivity index (χ1) is 7.82. The Labute approximate surface area is 105 Å². The van der Waals surface area contributed by atoms with Crippen LogP contribution in [0.15, 0.2) is 36.0 Å². The molecule has 0 aromatic heterocycles. The molecule has 0 aliphatic heterocycles. The van der Waals surface area contributed by atoms with E-state index in [4.69, 9.17) is 5.11 Å². The van der Waals surface area contributed by atoms with Gasteiger partial charge in [-0.05, 0) is 44.1 Å². The fraction of sp³-hybridized carbons (Fsp3) is 0.533. The lowest BCUT2D eigenvalue weighted by Crippen LogP contribution is -2.03. The first kappa shape index (κ1) is 15.7. The summed E-state index contributed by atoms with van der Waals surface area (Å²) in [7, 11) is 0. The summed E-state index contributed by atoms with van der Waals surface area (Å²) in [5.41, 5.74) is 2.00. The molecule has 0 aromatic rings. The van der Waals surface area contributed by atoms with Crippen molar-refractivity contribution in [3.8, 4) is 0 Å². The van der Waals surface area contributed by atoms with Crippen molar-refractivity contribution in [1.29, 1.82) is 0 Å². The molecular weight excluding hydrogens is 212 g/mol. The van der Waals surface area contributed by atoms with Crippen LogP contribution in [0.1, 0.15) is 40.5 Å². The highest BCUT2D eigenvalue weighted by molar-refractivity contribution is 5.81. The maximum absolute atomic E-state index is 10.4. The zero-order chi connectivity index (χ0) is 13.4. The Hall–Kier alpha value is -1.31. The summed E-state index contributed by atoms with van der Waals surface area (Å²) in [6.07, 6.45) is 7.24. The van der Waals surface area contributed by atoms with Gasteiger partial charge in [0.25, 0.3) is 0 Å². The Morgan fingerprint density at radius 3 is 2.41 bits per heavy atom. The lowest BCUT2D eigenvalue weighted by atomic mass is 9.90. The molecule has 0 bridgehead atoms. The van der Waals surface area contributed by atoms with Gasteiger partial charge in [0.2, 0.25) is 0 Å². The normalized spacial score (nSPS) is 15.9. The molecule has 0 radical (unpaired) electrons. The zero-order valence-electron chi connectivity index (χ0n) is 11.4. The van der Waals surface area contributed by atoms with Crippen LogP contribution in [0, 0.1) is 11.8 Å². The standard InChI is InChI=1S/C15H24O2/c1-11(2)14(5)9-12(3)7-6-8-13(4)10-15(16)17/h6,8,10,12,14H,1,7,9H2,2-5H3,(H,16,17). The van der Waals surface area contributed by atoms with Crippen LogP contribution in [0.25, 0.3) is 0 Å². The highest BCUT2D eigenvalue weighted by Gasteiger charge is 2.07. The molecule has 0 saturated carbocycles. The van der Waals surface area contributed by atoms with Crippen molar-refractivity contribution in [2.75, 3.05) is 0 Å². The van der Waals surface area contributed by atoms with E-state index >= 15 is 0 Å². The first-order valence-corrected chi connectivity index (χ1v) is 6.06. The minimum Gasteiger partial charge on any atom is -0.478 e. The number of hydrogen-bond donors (Lipinski definition) is 1. The van der Waals surface area contributed by atoms with Gasteiger partial charge < -0.3 is 5.11 Å². The zero-order valence-corrected chi connectivity index (χ0v) is 11.4. The van der Waals surface area contributed by atoms with E-state index in [0.717, 1.165) is 18.4 Å². The molecule has 2 atom stereocenters. The molecule has 0 aliphatic rings. The number of hydrogen-bond acceptors (Lipinski definition) is 1. The second-order valence-electron chi connectivity index (χ2n) is 4.95. The molecule has 17 heavy (non-hydrogen) atoms. The summed E-state index contributed by atoms with van der Waals surface area (Å²) in [5, 5.41) is 8.55. The van der Waals surface area contributed by atoms with Gasteiger partial charge in [0, 0.05) is 6.08 Å². The summed E-state index contributed by atoms with van der Waals surface area (Å²) in [6, 6.07) is 0. The number of carboxylic acid groups (broad SMARTS) is 1. The lowest BCUT2D eigenvalue weighted by molar-refractivity contribution is -0.131. The second kappa shape index (κ2) is 7.88. The van der Waals surface area contributed by atoms with E-state index in [1.165, 1.54) is 11.6 Å². The van der Waals surface area contributed by atoms with Crippen LogP contribution in [0.4, 0.5) is 0 Å². The average Bonchev–Trinajstić information content (AvgIpc) is 2.15. The van der Waals surface area contributed by atoms with Gasteiger partial charge in [0.1, 0.15) is 0 Å². The van der Waals surface area contributed by atoms with Gasteiger partial charge in [0.05, 0.1) is 0 Å². The van der Waals surface area contributed by atoms with Gasteiger partial charge in [-0.15, -0.1) is 0 Å². The third kappa shape index (κ3) is 8.49. The SMILES string of the molecule is C=C(C)C(C)CC(C)CC=CC(C)=CC(=O)O. The monoisotopic (exact) mass is 236 g/mol. The Bertz CT molecular complexity index is 324. The number of rotatable bonds is 7. The lowest BCUT2D eigenvalue weighted by Gasteiger charge is -2.15. The van der Waals surface area contributed by atoms with Gasteiger partial charge in [-0.3, -0.25) is 0 Å². The van der Waals surface area contributed by atoms with Crippen LogP contribution < -0.4 is 0 Å². The molecule has 0 rings (SSSR count). The third-order valence-electron chi connectivity index (χ3n) is 2.87. The van der Waals surface area contributed by atoms with Crippen LogP contribution in [0.5, 0.6) is 0 Å². The van der Waals surface area contributed by atoms with Gasteiger partial charge in [0.15, 0.2) is 0 Å². The van der Waals surface area contributed by atoms with Crippen LogP contribution in [-0.4, -0.2) is 11.1 Å². The summed E-state index contributed by atoms with van der Waals surface area (Å²) in [4.78, 5) is 10.4. The molecule has 0 aliphatic carbocycles. The molecule has 0 saturated heterocycles. The van der Waals surface area contributed by atoms with E-state index in [1.54, 1.807) is 6.92 Å². The van der Waals surface area contributed by atoms with Gasteiger partial charge in [-0.1, -0.05) is 38.2 Å². The average molecular weight is 236 g/mol. The molecule has 96 valence electrons. The van der Waals surface area contributed by atoms with Crippen LogP contribution in [0.3, 0.4) is 0 Å². The molecule has 2 nitrogen and oxygen atoms in total. The molecule has 2 heteroatoms. The Kier molecular flexibility index (Phi) is 7.27. The third-order valence-corrected chi connectivity index (χ3v) is 2.87. The fourth-order valence-electron chi connectivity index (χ4n) is 1.63. The molecule has 0 aromatic carbocycles. The van der Waals surface area contributed by atoms with Crippen molar-refractivity contribution in [2.45, 2.75) is 40.5 Å². The highest BCUT2D eigenvalue weighted by Crippen LogP contribution is 2.20. The van der Waals surface area contributed by atoms with Crippen molar-refractivity contribution in [3.05, 3.63) is 36.0 Å².